The van der Waals surface area contributed by atoms with Crippen LogP contribution in [0.3, 0.4) is 0 Å². The highest BCUT2D eigenvalue weighted by molar-refractivity contribution is 8.76. The van der Waals surface area contributed by atoms with Crippen LogP contribution in [0.1, 0.15) is 16.7 Å². The van der Waals surface area contributed by atoms with Crippen molar-refractivity contribution in [2.75, 3.05) is 54.0 Å². The molecule has 0 radical (unpaired) electrons. The molecule has 18 heteroatoms. The molecular formula is C44H51N6O10S2+. The van der Waals surface area contributed by atoms with Gasteiger partial charge in [-0.3, -0.25) is 14.6 Å². The van der Waals surface area contributed by atoms with Crippen LogP contribution in [0.2, 0.25) is 0 Å². The number of allylic oxidation sites excluding steroid dienone is 4. The van der Waals surface area contributed by atoms with Gasteiger partial charge < -0.3 is 51.1 Å². The van der Waals surface area contributed by atoms with E-state index < -0.39 is 60.3 Å². The van der Waals surface area contributed by atoms with E-state index in [9.17, 15) is 49.8 Å². The van der Waals surface area contributed by atoms with Crippen LogP contribution in [0.25, 0.3) is 18.2 Å². The molecule has 3 heterocycles. The Morgan fingerprint density at radius 3 is 1.58 bits per heavy atom. The molecule has 2 amide bonds. The van der Waals surface area contributed by atoms with Gasteiger partial charge in [0.1, 0.15) is 18.6 Å². The number of pyridine rings is 1. The average Bonchev–Trinajstić information content (AvgIpc) is 3.78. The van der Waals surface area contributed by atoms with E-state index in [1.165, 1.54) is 6.21 Å². The van der Waals surface area contributed by atoms with Gasteiger partial charge in [0.2, 0.25) is 12.5 Å². The smallest absolute Gasteiger partial charge is 0.327 e. The summed E-state index contributed by atoms with van der Waals surface area (Å²) in [5.74, 6) is -3.78. The molecule has 2 saturated heterocycles. The lowest BCUT2D eigenvalue weighted by Gasteiger charge is -2.17. The van der Waals surface area contributed by atoms with Gasteiger partial charge in [-0.05, 0) is 52.6 Å². The number of anilines is 2. The van der Waals surface area contributed by atoms with Gasteiger partial charge in [0.15, 0.2) is 12.4 Å². The number of hydrogen-bond donors (Lipinski definition) is 8. The summed E-state index contributed by atoms with van der Waals surface area (Å²) in [7, 11) is 2.11. The van der Waals surface area contributed by atoms with Gasteiger partial charge in [-0.1, -0.05) is 82.8 Å². The monoisotopic (exact) mass is 887 g/mol. The van der Waals surface area contributed by atoms with Crippen LogP contribution >= 0.6 is 21.6 Å². The molecule has 2 aromatic carbocycles. The largest absolute Gasteiger partial charge is 0.480 e. The van der Waals surface area contributed by atoms with Gasteiger partial charge >= 0.3 is 11.9 Å². The highest BCUT2D eigenvalue weighted by Crippen LogP contribution is 2.25. The number of carboxylic acids is 2. The second-order valence-electron chi connectivity index (χ2n) is 14.6. The third-order valence-electron chi connectivity index (χ3n) is 9.88. The van der Waals surface area contributed by atoms with Crippen LogP contribution in [0.15, 0.2) is 108 Å². The first-order chi connectivity index (χ1) is 29.8. The van der Waals surface area contributed by atoms with E-state index in [4.69, 9.17) is 0 Å². The Balaban J connectivity index is 0.996. The lowest BCUT2D eigenvalue weighted by atomic mass is 10.1. The highest BCUT2D eigenvalue weighted by atomic mass is 33.1. The number of aliphatic carboxylic acids is 2. The molecule has 3 aromatic rings. The van der Waals surface area contributed by atoms with Crippen molar-refractivity contribution >= 4 is 81.2 Å². The predicted octanol–water partition coefficient (Wildman–Crippen LogP) is 1.64. The minimum absolute atomic E-state index is 0.0556. The summed E-state index contributed by atoms with van der Waals surface area (Å²) in [5.41, 5.74) is 5.24. The van der Waals surface area contributed by atoms with Crippen molar-refractivity contribution in [1.82, 2.24) is 10.6 Å². The van der Waals surface area contributed by atoms with Gasteiger partial charge in [-0.2, -0.15) is 4.57 Å². The summed E-state index contributed by atoms with van der Waals surface area (Å²) >= 11 is 0. The summed E-state index contributed by atoms with van der Waals surface area (Å²) in [4.78, 5) is 56.9. The zero-order valence-corrected chi connectivity index (χ0v) is 35.4. The normalized spacial score (nSPS) is 20.2. The number of β-amino-alcohol motifs (C(OH)–C–C–N with tert-alkyl or cyclic N) is 4. The van der Waals surface area contributed by atoms with Gasteiger partial charge in [0, 0.05) is 67.4 Å². The molecule has 328 valence electrons. The molecule has 0 bridgehead atoms. The lowest BCUT2D eigenvalue weighted by molar-refractivity contribution is -0.684. The number of aromatic nitrogens is 1. The van der Waals surface area contributed by atoms with Crippen molar-refractivity contribution in [1.29, 1.82) is 0 Å². The van der Waals surface area contributed by atoms with Gasteiger partial charge in [-0.15, -0.1) is 0 Å². The third-order valence-corrected chi connectivity index (χ3v) is 12.3. The summed E-state index contributed by atoms with van der Waals surface area (Å²) in [6.45, 7) is 4.82. The first-order valence-corrected chi connectivity index (χ1v) is 22.2. The molecule has 5 rings (SSSR count). The fourth-order valence-corrected chi connectivity index (χ4v) is 8.63. The van der Waals surface area contributed by atoms with E-state index in [0.717, 1.165) is 49.7 Å². The van der Waals surface area contributed by atoms with Crippen LogP contribution in [0.5, 0.6) is 0 Å². The van der Waals surface area contributed by atoms with Crippen molar-refractivity contribution in [3.63, 3.8) is 0 Å². The topological polar surface area (TPSA) is 236 Å². The highest BCUT2D eigenvalue weighted by Gasteiger charge is 2.30. The number of hydrogen-bond acceptors (Lipinski definition) is 13. The van der Waals surface area contributed by atoms with Crippen molar-refractivity contribution in [3.05, 3.63) is 120 Å². The fraction of sp³-hybridized carbons (Fsp3) is 0.318. The Hall–Kier alpha value is -5.76. The summed E-state index contributed by atoms with van der Waals surface area (Å²) in [6, 6.07) is 16.5. The number of benzene rings is 2. The molecule has 2 fully saturated rings. The van der Waals surface area contributed by atoms with Crippen LogP contribution in [0.4, 0.5) is 11.4 Å². The molecule has 62 heavy (non-hydrogen) atoms. The van der Waals surface area contributed by atoms with Crippen LogP contribution in [-0.4, -0.2) is 141 Å². The number of aliphatic hydroxyl groups excluding tert-OH is 4. The molecule has 16 nitrogen and oxygen atoms in total. The molecule has 1 aromatic heterocycles. The number of aliphatic imine (C=N–C) groups is 1. The molecule has 2 aliphatic rings. The van der Waals surface area contributed by atoms with Crippen LogP contribution in [-0.2, 0) is 25.7 Å². The molecule has 8 N–H and O–H groups in total. The maximum Gasteiger partial charge on any atom is 0.327 e. The standard InChI is InChI=1S/C44H50N6O10S2/c1-2-29(3-4-30-7-11-33(12-8-30)49-22-37(51)38(52)23-49)15-18-45-21-41(55)46-35(43(57)58)27-61-62-28-36(44(59)60)47-42(56)26-48-19-16-32(17-20-48)6-5-31-9-13-34(14-10-31)50-24-39(53)40(54)25-50/h2-20,35-40,51-54H,1,21-28H2,(H3-,46,47,55,56,57,58,59,60)/p+1/b4-3+,29-15+,45-18?. The maximum absolute atomic E-state index is 12.7. The predicted molar refractivity (Wildman–Crippen MR) is 242 cm³/mol. The van der Waals surface area contributed by atoms with Crippen molar-refractivity contribution in [3.8, 4) is 0 Å². The Kier molecular flexibility index (Phi) is 17.9. The quantitative estimate of drug-likeness (QED) is 0.0250. The van der Waals surface area contributed by atoms with E-state index in [-0.39, 0.29) is 24.6 Å². The van der Waals surface area contributed by atoms with Gasteiger partial charge in [0.05, 0.1) is 24.4 Å². The van der Waals surface area contributed by atoms with E-state index in [0.29, 0.717) is 31.8 Å². The number of carboxylic acid groups (broad SMARTS) is 2. The van der Waals surface area contributed by atoms with Crippen molar-refractivity contribution in [2.45, 2.75) is 43.0 Å². The summed E-state index contributed by atoms with van der Waals surface area (Å²) < 4.78 is 1.61. The van der Waals surface area contributed by atoms with Gasteiger partial charge in [-0.25, -0.2) is 9.59 Å². The Morgan fingerprint density at radius 2 is 1.13 bits per heavy atom. The first kappa shape index (κ1) is 47.3. The lowest BCUT2D eigenvalue weighted by Crippen LogP contribution is -2.49. The number of carbonyl (C=O) groups is 4. The zero-order valence-electron chi connectivity index (χ0n) is 33.7. The van der Waals surface area contributed by atoms with Crippen LogP contribution in [0, 0.1) is 0 Å². The minimum Gasteiger partial charge on any atom is -0.480 e. The number of aliphatic hydroxyl groups is 4. The molecule has 6 unspecified atom stereocenters. The van der Waals surface area contributed by atoms with E-state index in [1.54, 1.807) is 29.1 Å². The fourth-order valence-electron chi connectivity index (χ4n) is 6.32. The van der Waals surface area contributed by atoms with Crippen molar-refractivity contribution < 1.29 is 54.4 Å². The molecule has 0 aliphatic carbocycles. The number of rotatable bonds is 21. The van der Waals surface area contributed by atoms with E-state index in [2.05, 4.69) is 22.2 Å². The first-order valence-electron chi connectivity index (χ1n) is 19.7. The third kappa shape index (κ3) is 14.7. The van der Waals surface area contributed by atoms with Gasteiger partial charge in [0.25, 0.3) is 5.91 Å². The van der Waals surface area contributed by atoms with E-state index in [1.807, 2.05) is 94.8 Å². The van der Waals surface area contributed by atoms with E-state index >= 15 is 0 Å². The summed E-state index contributed by atoms with van der Waals surface area (Å²) in [5, 5.41) is 63.5. The molecule has 0 saturated carbocycles. The SMILES string of the molecule is C=CC(/C=C/c1ccc(N2CC(O)C(O)C2)cc1)=C\C=NCC(=O)NC(CSSCC(NC(=O)C[n+]1ccc(/C=C/c2ccc(N3CC(O)C(O)C3)cc2)cc1)C(=O)O)C(=O)O. The summed E-state index contributed by atoms with van der Waals surface area (Å²) in [6.07, 6.45) is 12.5. The number of nitrogens with one attached hydrogen (secondary N) is 2. The van der Waals surface area contributed by atoms with Crippen molar-refractivity contribution in [2.24, 2.45) is 4.99 Å². The number of nitrogens with zero attached hydrogens (tertiary/aromatic N) is 4. The maximum atomic E-state index is 12.7. The minimum atomic E-state index is -1.27. The number of carbonyl (C=O) groups excluding carboxylic acids is 2. The Labute approximate surface area is 367 Å². The van der Waals surface area contributed by atoms with Crippen LogP contribution < -0.4 is 25.0 Å². The molecule has 2 aliphatic heterocycles. The molecule has 0 spiro atoms. The molecule has 6 atom stereocenters. The Morgan fingerprint density at radius 1 is 0.694 bits per heavy atom. The average molecular weight is 888 g/mol. The second-order valence-corrected chi connectivity index (χ2v) is 17.1. The zero-order chi connectivity index (χ0) is 44.6. The molecular weight excluding hydrogens is 837 g/mol. The Bertz CT molecular complexity index is 2110. The number of amides is 2. The second kappa shape index (κ2) is 23.5.